The lowest BCUT2D eigenvalue weighted by atomic mass is 9.96. The standard InChI is InChI=1S/C22H22N2OS/c1-14-10-16(13-23)12-19(21(14)25-17-6-4-3-5-7-17)18-8-9-24-20-11-15(2)26-22(18)20/h8-12,17H,3-7H2,1-2H3. The maximum atomic E-state index is 9.46. The lowest BCUT2D eigenvalue weighted by molar-refractivity contribution is 0.155. The number of ether oxygens (including phenoxy) is 1. The summed E-state index contributed by atoms with van der Waals surface area (Å²) in [6, 6.07) is 10.4. The van der Waals surface area contributed by atoms with Gasteiger partial charge in [0.1, 0.15) is 5.75 Å². The molecule has 1 aromatic carbocycles. The summed E-state index contributed by atoms with van der Waals surface area (Å²) in [6.07, 6.45) is 8.13. The van der Waals surface area contributed by atoms with E-state index in [2.05, 4.69) is 24.0 Å². The van der Waals surface area contributed by atoms with Crippen molar-refractivity contribution in [2.75, 3.05) is 0 Å². The van der Waals surface area contributed by atoms with Crippen molar-refractivity contribution >= 4 is 21.6 Å². The molecular weight excluding hydrogens is 340 g/mol. The normalized spacial score (nSPS) is 15.1. The summed E-state index contributed by atoms with van der Waals surface area (Å²) in [5.74, 6) is 0.925. The molecule has 1 aliphatic rings. The van der Waals surface area contributed by atoms with Gasteiger partial charge in [-0.15, -0.1) is 11.3 Å². The molecule has 0 unspecified atom stereocenters. The van der Waals surface area contributed by atoms with Gasteiger partial charge >= 0.3 is 0 Å². The Morgan fingerprint density at radius 3 is 2.69 bits per heavy atom. The second-order valence-corrected chi connectivity index (χ2v) is 8.35. The topological polar surface area (TPSA) is 45.9 Å². The van der Waals surface area contributed by atoms with E-state index in [0.717, 1.165) is 45.5 Å². The number of hydrogen-bond acceptors (Lipinski definition) is 4. The number of pyridine rings is 1. The Hall–Kier alpha value is -2.38. The molecule has 26 heavy (non-hydrogen) atoms. The first-order chi connectivity index (χ1) is 12.7. The highest BCUT2D eigenvalue weighted by Crippen LogP contribution is 2.41. The Balaban J connectivity index is 1.87. The van der Waals surface area contributed by atoms with Gasteiger partial charge in [0.05, 0.1) is 28.0 Å². The Morgan fingerprint density at radius 1 is 1.12 bits per heavy atom. The summed E-state index contributed by atoms with van der Waals surface area (Å²) in [7, 11) is 0. The monoisotopic (exact) mass is 362 g/mol. The minimum atomic E-state index is 0.275. The van der Waals surface area contributed by atoms with E-state index in [1.54, 1.807) is 11.3 Å². The molecule has 0 spiro atoms. The van der Waals surface area contributed by atoms with Crippen molar-refractivity contribution < 1.29 is 4.74 Å². The summed E-state index contributed by atoms with van der Waals surface area (Å²) < 4.78 is 7.66. The van der Waals surface area contributed by atoms with Crippen LogP contribution in [0.3, 0.4) is 0 Å². The highest BCUT2D eigenvalue weighted by atomic mass is 32.1. The predicted molar refractivity (Wildman–Crippen MR) is 107 cm³/mol. The Labute approximate surface area is 158 Å². The highest BCUT2D eigenvalue weighted by Gasteiger charge is 2.21. The molecular formula is C22H22N2OS. The third-order valence-electron chi connectivity index (χ3n) is 5.07. The quantitative estimate of drug-likeness (QED) is 0.560. The average molecular weight is 362 g/mol. The number of aromatic nitrogens is 1. The van der Waals surface area contributed by atoms with Crippen LogP contribution < -0.4 is 4.74 Å². The Kier molecular flexibility index (Phi) is 4.65. The SMILES string of the molecule is Cc1cc2nccc(-c3cc(C#N)cc(C)c3OC3CCCCC3)c2s1. The van der Waals surface area contributed by atoms with Gasteiger partial charge in [-0.3, -0.25) is 4.98 Å². The van der Waals surface area contributed by atoms with Crippen molar-refractivity contribution in [1.82, 2.24) is 4.98 Å². The first kappa shape index (κ1) is 17.1. The number of aryl methyl sites for hydroxylation is 2. The maximum absolute atomic E-state index is 9.46. The van der Waals surface area contributed by atoms with Crippen LogP contribution >= 0.6 is 11.3 Å². The van der Waals surface area contributed by atoms with Gasteiger partial charge in [-0.25, -0.2) is 0 Å². The molecule has 2 heterocycles. The van der Waals surface area contributed by atoms with Gasteiger partial charge in [0, 0.05) is 22.2 Å². The van der Waals surface area contributed by atoms with E-state index >= 15 is 0 Å². The van der Waals surface area contributed by atoms with Crippen LogP contribution in [0.5, 0.6) is 5.75 Å². The van der Waals surface area contributed by atoms with Crippen LogP contribution in [0.15, 0.2) is 30.5 Å². The summed E-state index contributed by atoms with van der Waals surface area (Å²) in [4.78, 5) is 5.74. The molecule has 0 radical (unpaired) electrons. The van der Waals surface area contributed by atoms with Crippen molar-refractivity contribution in [2.45, 2.75) is 52.1 Å². The van der Waals surface area contributed by atoms with Crippen molar-refractivity contribution in [2.24, 2.45) is 0 Å². The predicted octanol–water partition coefficient (Wildman–Crippen LogP) is 6.16. The first-order valence-electron chi connectivity index (χ1n) is 9.22. The van der Waals surface area contributed by atoms with E-state index in [9.17, 15) is 5.26 Å². The van der Waals surface area contributed by atoms with Crippen LogP contribution in [-0.2, 0) is 0 Å². The molecule has 1 fully saturated rings. The summed E-state index contributed by atoms with van der Waals surface area (Å²) >= 11 is 1.75. The zero-order valence-corrected chi connectivity index (χ0v) is 16.0. The largest absolute Gasteiger partial charge is 0.490 e. The van der Waals surface area contributed by atoms with Gasteiger partial charge in [0.2, 0.25) is 0 Å². The summed E-state index contributed by atoms with van der Waals surface area (Å²) in [6.45, 7) is 4.15. The van der Waals surface area contributed by atoms with Crippen LogP contribution in [0, 0.1) is 25.2 Å². The molecule has 0 aliphatic heterocycles. The van der Waals surface area contributed by atoms with Crippen molar-refractivity contribution in [3.8, 4) is 22.9 Å². The number of nitrogens with zero attached hydrogens (tertiary/aromatic N) is 2. The Morgan fingerprint density at radius 2 is 1.92 bits per heavy atom. The molecule has 0 atom stereocenters. The number of hydrogen-bond donors (Lipinski definition) is 0. The number of fused-ring (bicyclic) bond motifs is 1. The first-order valence-corrected chi connectivity index (χ1v) is 10.0. The van der Waals surface area contributed by atoms with Crippen molar-refractivity contribution in [3.63, 3.8) is 0 Å². The molecule has 0 saturated heterocycles. The number of thiophene rings is 1. The second-order valence-electron chi connectivity index (χ2n) is 7.09. The minimum Gasteiger partial charge on any atom is -0.490 e. The molecule has 3 nitrogen and oxygen atoms in total. The van der Waals surface area contributed by atoms with Gasteiger partial charge in [0.25, 0.3) is 0 Å². The lowest BCUT2D eigenvalue weighted by Crippen LogP contribution is -2.20. The van der Waals surface area contributed by atoms with Crippen molar-refractivity contribution in [3.05, 3.63) is 46.5 Å². The highest BCUT2D eigenvalue weighted by molar-refractivity contribution is 7.19. The van der Waals surface area contributed by atoms with Crippen LogP contribution in [0.2, 0.25) is 0 Å². The third kappa shape index (κ3) is 3.20. The smallest absolute Gasteiger partial charge is 0.130 e. The van der Waals surface area contributed by atoms with E-state index in [-0.39, 0.29) is 6.10 Å². The second kappa shape index (κ2) is 7.09. The average Bonchev–Trinajstić information content (AvgIpc) is 3.04. The molecule has 1 aliphatic carbocycles. The molecule has 3 aromatic rings. The van der Waals surface area contributed by atoms with Crippen molar-refractivity contribution in [1.29, 1.82) is 5.26 Å². The maximum Gasteiger partial charge on any atom is 0.130 e. The van der Waals surface area contributed by atoms with Crippen LogP contribution in [0.1, 0.15) is 48.1 Å². The zero-order chi connectivity index (χ0) is 18.1. The minimum absolute atomic E-state index is 0.275. The van der Waals surface area contributed by atoms with Gasteiger partial charge in [-0.05, 0) is 69.4 Å². The summed E-state index contributed by atoms with van der Waals surface area (Å²) in [5.41, 5.74) is 4.84. The lowest BCUT2D eigenvalue weighted by Gasteiger charge is -2.25. The van der Waals surface area contributed by atoms with Gasteiger partial charge in [0.15, 0.2) is 0 Å². The number of rotatable bonds is 3. The van der Waals surface area contributed by atoms with Crippen LogP contribution in [0.25, 0.3) is 21.3 Å². The molecule has 4 rings (SSSR count). The van der Waals surface area contributed by atoms with Gasteiger partial charge in [-0.1, -0.05) is 6.42 Å². The van der Waals surface area contributed by atoms with E-state index in [0.29, 0.717) is 5.56 Å². The molecule has 0 bridgehead atoms. The van der Waals surface area contributed by atoms with E-state index in [4.69, 9.17) is 4.74 Å². The van der Waals surface area contributed by atoms with Crippen LogP contribution in [0.4, 0.5) is 0 Å². The Bertz CT molecular complexity index is 993. The molecule has 0 amide bonds. The molecule has 132 valence electrons. The fourth-order valence-corrected chi connectivity index (χ4v) is 4.81. The van der Waals surface area contributed by atoms with E-state index in [1.807, 2.05) is 31.3 Å². The fourth-order valence-electron chi connectivity index (χ4n) is 3.81. The van der Waals surface area contributed by atoms with E-state index in [1.165, 1.54) is 24.1 Å². The van der Waals surface area contributed by atoms with Gasteiger partial charge < -0.3 is 4.74 Å². The molecule has 2 aromatic heterocycles. The summed E-state index contributed by atoms with van der Waals surface area (Å²) in [5, 5.41) is 9.46. The van der Waals surface area contributed by atoms with Gasteiger partial charge in [-0.2, -0.15) is 5.26 Å². The molecule has 1 saturated carbocycles. The van der Waals surface area contributed by atoms with Crippen LogP contribution in [-0.4, -0.2) is 11.1 Å². The van der Waals surface area contributed by atoms with E-state index < -0.39 is 0 Å². The number of nitriles is 1. The fraction of sp³-hybridized carbons (Fsp3) is 0.364. The molecule has 4 heteroatoms. The molecule has 0 N–H and O–H groups in total. The number of benzene rings is 1. The zero-order valence-electron chi connectivity index (χ0n) is 15.2. The third-order valence-corrected chi connectivity index (χ3v) is 6.14.